The maximum atomic E-state index is 12.0. The number of nitrogens with one attached hydrogen (secondary N) is 2. The zero-order valence-electron chi connectivity index (χ0n) is 15.0. The van der Waals surface area contributed by atoms with E-state index in [1.54, 1.807) is 0 Å². The SMILES string of the molecule is NC(=O)CC[C@H](NC(=O)OCC1[C@H]2CCC#CCC[C@@H]12)C(=O)NCC(=O)O. The largest absolute Gasteiger partial charge is 0.480 e. The molecule has 0 saturated heterocycles. The number of nitrogens with two attached hydrogens (primary N) is 1. The van der Waals surface area contributed by atoms with Crippen LogP contribution in [-0.2, 0) is 19.1 Å². The van der Waals surface area contributed by atoms with Crippen molar-refractivity contribution in [3.8, 4) is 11.8 Å². The van der Waals surface area contributed by atoms with Crippen LogP contribution in [0.5, 0.6) is 0 Å². The maximum Gasteiger partial charge on any atom is 0.407 e. The molecule has 1 fully saturated rings. The molecule has 0 radical (unpaired) electrons. The summed E-state index contributed by atoms with van der Waals surface area (Å²) in [4.78, 5) is 45.6. The van der Waals surface area contributed by atoms with E-state index in [-0.39, 0.29) is 19.4 Å². The van der Waals surface area contributed by atoms with Gasteiger partial charge in [0, 0.05) is 19.3 Å². The van der Waals surface area contributed by atoms with Gasteiger partial charge in [-0.05, 0) is 37.0 Å². The molecule has 2 aliphatic carbocycles. The predicted molar refractivity (Wildman–Crippen MR) is 94.1 cm³/mol. The third kappa shape index (κ3) is 6.81. The molecule has 0 spiro atoms. The molecule has 0 aliphatic heterocycles. The fraction of sp³-hybridized carbons (Fsp3) is 0.667. The van der Waals surface area contributed by atoms with E-state index >= 15 is 0 Å². The van der Waals surface area contributed by atoms with Crippen LogP contribution in [0, 0.1) is 29.6 Å². The molecule has 0 aromatic rings. The van der Waals surface area contributed by atoms with Crippen molar-refractivity contribution >= 4 is 23.9 Å². The lowest BCUT2D eigenvalue weighted by molar-refractivity contribution is -0.138. The van der Waals surface area contributed by atoms with Crippen molar-refractivity contribution in [3.63, 3.8) is 0 Å². The second-order valence-corrected chi connectivity index (χ2v) is 6.83. The number of alkyl carbamates (subject to hydrolysis) is 1. The van der Waals surface area contributed by atoms with E-state index in [0.29, 0.717) is 17.8 Å². The highest BCUT2D eigenvalue weighted by Crippen LogP contribution is 2.52. The number of fused-ring (bicyclic) bond motifs is 1. The van der Waals surface area contributed by atoms with Crippen molar-refractivity contribution in [2.75, 3.05) is 13.2 Å². The second-order valence-electron chi connectivity index (χ2n) is 6.83. The Hall–Kier alpha value is -2.76. The minimum Gasteiger partial charge on any atom is -0.480 e. The number of carboxylic acids is 1. The molecule has 9 heteroatoms. The quantitative estimate of drug-likeness (QED) is 0.414. The minimum absolute atomic E-state index is 0.0398. The van der Waals surface area contributed by atoms with Crippen molar-refractivity contribution in [1.82, 2.24) is 10.6 Å². The second kappa shape index (κ2) is 9.80. The third-order valence-corrected chi connectivity index (χ3v) is 4.95. The molecule has 1 saturated carbocycles. The first kappa shape index (κ1) is 20.6. The number of aliphatic carboxylic acids is 1. The van der Waals surface area contributed by atoms with Crippen molar-refractivity contribution in [1.29, 1.82) is 0 Å². The van der Waals surface area contributed by atoms with Gasteiger partial charge in [0.25, 0.3) is 0 Å². The van der Waals surface area contributed by atoms with Gasteiger partial charge in [0.15, 0.2) is 0 Å². The summed E-state index contributed by atoms with van der Waals surface area (Å²) in [5.74, 6) is 5.04. The highest BCUT2D eigenvalue weighted by Gasteiger charge is 2.49. The van der Waals surface area contributed by atoms with E-state index in [0.717, 1.165) is 25.7 Å². The summed E-state index contributed by atoms with van der Waals surface area (Å²) in [6, 6.07) is -1.09. The number of hydrogen-bond donors (Lipinski definition) is 4. The van der Waals surface area contributed by atoms with Gasteiger partial charge in [0.2, 0.25) is 11.8 Å². The molecule has 9 nitrogen and oxygen atoms in total. The zero-order chi connectivity index (χ0) is 19.8. The number of carbonyl (C=O) groups is 4. The van der Waals surface area contributed by atoms with E-state index in [1.165, 1.54) is 0 Å². The number of primary amides is 1. The maximum absolute atomic E-state index is 12.0. The average molecular weight is 379 g/mol. The molecule has 3 amide bonds. The number of ether oxygens (including phenoxy) is 1. The molecule has 1 unspecified atom stereocenters. The van der Waals surface area contributed by atoms with Crippen LogP contribution >= 0.6 is 0 Å². The van der Waals surface area contributed by atoms with E-state index in [4.69, 9.17) is 15.6 Å². The number of rotatable bonds is 9. The van der Waals surface area contributed by atoms with E-state index in [2.05, 4.69) is 22.5 Å². The highest BCUT2D eigenvalue weighted by molar-refractivity contribution is 5.88. The van der Waals surface area contributed by atoms with Gasteiger partial charge >= 0.3 is 12.1 Å². The predicted octanol–water partition coefficient (Wildman–Crippen LogP) is -0.0129. The van der Waals surface area contributed by atoms with Crippen molar-refractivity contribution < 1.29 is 29.0 Å². The lowest BCUT2D eigenvalue weighted by Gasteiger charge is -2.17. The Morgan fingerprint density at radius 2 is 1.78 bits per heavy atom. The summed E-state index contributed by atoms with van der Waals surface area (Å²) in [7, 11) is 0. The van der Waals surface area contributed by atoms with Crippen LogP contribution < -0.4 is 16.4 Å². The Morgan fingerprint density at radius 3 is 2.33 bits per heavy atom. The van der Waals surface area contributed by atoms with Gasteiger partial charge < -0.3 is 26.2 Å². The lowest BCUT2D eigenvalue weighted by atomic mass is 10.1. The number of amides is 3. The molecule has 0 aromatic carbocycles. The number of hydrogen-bond acceptors (Lipinski definition) is 5. The van der Waals surface area contributed by atoms with E-state index < -0.39 is 36.5 Å². The van der Waals surface area contributed by atoms with E-state index in [9.17, 15) is 19.2 Å². The van der Waals surface area contributed by atoms with Gasteiger partial charge in [0.05, 0.1) is 6.61 Å². The molecule has 2 rings (SSSR count). The van der Waals surface area contributed by atoms with Crippen LogP contribution in [0.25, 0.3) is 0 Å². The van der Waals surface area contributed by atoms with E-state index in [1.807, 2.05) is 0 Å². The normalized spacial score (nSPS) is 23.9. The summed E-state index contributed by atoms with van der Waals surface area (Å²) in [5, 5.41) is 13.2. The molecule has 0 bridgehead atoms. The van der Waals surface area contributed by atoms with Crippen LogP contribution in [-0.4, -0.2) is 48.2 Å². The molecule has 0 heterocycles. The lowest BCUT2D eigenvalue weighted by Crippen LogP contribution is -2.48. The van der Waals surface area contributed by atoms with Gasteiger partial charge in [0.1, 0.15) is 12.6 Å². The molecule has 148 valence electrons. The zero-order valence-corrected chi connectivity index (χ0v) is 15.0. The van der Waals surface area contributed by atoms with Crippen LogP contribution in [0.15, 0.2) is 0 Å². The first-order chi connectivity index (χ1) is 12.9. The minimum atomic E-state index is -1.22. The van der Waals surface area contributed by atoms with Crippen LogP contribution in [0.4, 0.5) is 4.79 Å². The Kier molecular flexibility index (Phi) is 7.46. The summed E-state index contributed by atoms with van der Waals surface area (Å²) >= 11 is 0. The molecule has 0 aromatic heterocycles. The molecule has 4 atom stereocenters. The first-order valence-corrected chi connectivity index (χ1v) is 9.05. The fourth-order valence-electron chi connectivity index (χ4n) is 3.48. The fourth-order valence-corrected chi connectivity index (χ4v) is 3.48. The summed E-state index contributed by atoms with van der Waals surface area (Å²) in [6.45, 7) is -0.323. The van der Waals surface area contributed by atoms with Gasteiger partial charge in [-0.2, -0.15) is 0 Å². The highest BCUT2D eigenvalue weighted by atomic mass is 16.5. The topological polar surface area (TPSA) is 148 Å². The Morgan fingerprint density at radius 1 is 1.15 bits per heavy atom. The average Bonchev–Trinajstić information content (AvgIpc) is 3.23. The van der Waals surface area contributed by atoms with Crippen LogP contribution in [0.3, 0.4) is 0 Å². The van der Waals surface area contributed by atoms with Crippen molar-refractivity contribution in [2.24, 2.45) is 23.5 Å². The third-order valence-electron chi connectivity index (χ3n) is 4.95. The first-order valence-electron chi connectivity index (χ1n) is 9.05. The summed E-state index contributed by atoms with van der Waals surface area (Å²) < 4.78 is 5.25. The Balaban J connectivity index is 1.79. The van der Waals surface area contributed by atoms with Gasteiger partial charge in [-0.1, -0.05) is 0 Å². The molecule has 5 N–H and O–H groups in total. The molecule has 27 heavy (non-hydrogen) atoms. The van der Waals surface area contributed by atoms with Gasteiger partial charge in [-0.25, -0.2) is 4.79 Å². The molecular formula is C18H25N3O6. The number of carbonyl (C=O) groups excluding carboxylic acids is 3. The Bertz CT molecular complexity index is 635. The summed E-state index contributed by atoms with van der Waals surface area (Å²) in [5.41, 5.74) is 5.07. The monoisotopic (exact) mass is 379 g/mol. The smallest absolute Gasteiger partial charge is 0.407 e. The van der Waals surface area contributed by atoms with Gasteiger partial charge in [-0.3, -0.25) is 14.4 Å². The van der Waals surface area contributed by atoms with Crippen LogP contribution in [0.2, 0.25) is 0 Å². The number of carboxylic acid groups (broad SMARTS) is 1. The standard InChI is InChI=1S/C18H25N3O6/c19-15(22)8-7-14(17(25)20-9-16(23)24)21-18(26)27-10-13-11-5-3-1-2-4-6-12(11)13/h11-14H,3-10H2,(H2,19,22)(H,20,25)(H,21,26)(H,23,24)/t11-,12+,13?,14-/m0/s1. The van der Waals surface area contributed by atoms with Gasteiger partial charge in [-0.15, -0.1) is 11.8 Å². The summed E-state index contributed by atoms with van der Waals surface area (Å²) in [6.07, 6.45) is 2.80. The van der Waals surface area contributed by atoms with Crippen molar-refractivity contribution in [3.05, 3.63) is 0 Å². The van der Waals surface area contributed by atoms with Crippen molar-refractivity contribution in [2.45, 2.75) is 44.6 Å². The Labute approximate surface area is 157 Å². The molecule has 2 aliphatic rings. The molecular weight excluding hydrogens is 354 g/mol. The van der Waals surface area contributed by atoms with Crippen LogP contribution in [0.1, 0.15) is 38.5 Å².